The molecule has 1 fully saturated rings. The molecule has 1 N–H and O–H groups in total. The van der Waals surface area contributed by atoms with Gasteiger partial charge in [-0.05, 0) is 0 Å². The van der Waals surface area contributed by atoms with Gasteiger partial charge in [-0.1, -0.05) is 6.92 Å². The Morgan fingerprint density at radius 3 is 2.62 bits per heavy atom. The zero-order valence-electron chi connectivity index (χ0n) is 4.72. The summed E-state index contributed by atoms with van der Waals surface area (Å²) in [4.78, 5) is 10.6. The lowest BCUT2D eigenvalue weighted by Crippen LogP contribution is -2.17. The molecular formula is C5H9NOS. The highest BCUT2D eigenvalue weighted by atomic mass is 32.1. The Morgan fingerprint density at radius 2 is 2.50 bits per heavy atom. The van der Waals surface area contributed by atoms with E-state index >= 15 is 0 Å². The minimum atomic E-state index is 0.0957. The maximum absolute atomic E-state index is 10.6. The van der Waals surface area contributed by atoms with Gasteiger partial charge < -0.3 is 5.32 Å². The van der Waals surface area contributed by atoms with Crippen molar-refractivity contribution >= 4 is 18.5 Å². The largest absolute Gasteiger partial charge is 0.355 e. The first-order valence-corrected chi connectivity index (χ1v) is 3.19. The summed E-state index contributed by atoms with van der Waals surface area (Å²) < 4.78 is 0. The van der Waals surface area contributed by atoms with E-state index in [4.69, 9.17) is 0 Å². The number of carbonyl (C=O) groups is 1. The van der Waals surface area contributed by atoms with Crippen LogP contribution in [0.1, 0.15) is 6.92 Å². The van der Waals surface area contributed by atoms with Crippen LogP contribution in [0.2, 0.25) is 0 Å². The van der Waals surface area contributed by atoms with Gasteiger partial charge in [-0.2, -0.15) is 12.6 Å². The summed E-state index contributed by atoms with van der Waals surface area (Å²) in [5, 5.41) is 2.93. The van der Waals surface area contributed by atoms with Gasteiger partial charge in [0.1, 0.15) is 0 Å². The molecule has 8 heavy (non-hydrogen) atoms. The van der Waals surface area contributed by atoms with Gasteiger partial charge in [0.05, 0.1) is 0 Å². The maximum Gasteiger partial charge on any atom is 0.224 e. The molecule has 0 aliphatic carbocycles. The lowest BCUT2D eigenvalue weighted by Gasteiger charge is -2.00. The fourth-order valence-corrected chi connectivity index (χ4v) is 0.944. The summed E-state index contributed by atoms with van der Waals surface area (Å²) in [6.45, 7) is 2.61. The van der Waals surface area contributed by atoms with Crippen LogP contribution in [0.4, 0.5) is 0 Å². The molecule has 2 unspecified atom stereocenters. The Balaban J connectivity index is 2.56. The average Bonchev–Trinajstić information content (AvgIpc) is 1.98. The second-order valence-electron chi connectivity index (χ2n) is 2.10. The Morgan fingerprint density at radius 1 is 1.88 bits per heavy atom. The molecule has 0 aromatic rings. The molecule has 0 spiro atoms. The van der Waals surface area contributed by atoms with Crippen LogP contribution < -0.4 is 5.32 Å². The van der Waals surface area contributed by atoms with E-state index in [0.29, 0.717) is 0 Å². The number of thiol groups is 1. The van der Waals surface area contributed by atoms with Crippen molar-refractivity contribution in [2.24, 2.45) is 5.92 Å². The Labute approximate surface area is 54.1 Å². The van der Waals surface area contributed by atoms with Crippen molar-refractivity contribution in [3.05, 3.63) is 0 Å². The van der Waals surface area contributed by atoms with Crippen LogP contribution in [-0.2, 0) is 4.79 Å². The molecule has 1 rings (SSSR count). The third-order valence-electron chi connectivity index (χ3n) is 1.48. The molecule has 1 saturated heterocycles. The Bertz CT molecular complexity index is 115. The van der Waals surface area contributed by atoms with Crippen molar-refractivity contribution in [2.45, 2.75) is 12.2 Å². The number of hydrogen-bond donors (Lipinski definition) is 2. The van der Waals surface area contributed by atoms with E-state index in [0.717, 1.165) is 6.54 Å². The molecule has 1 amide bonds. The molecule has 3 heteroatoms. The van der Waals surface area contributed by atoms with E-state index in [1.54, 1.807) is 0 Å². The molecule has 0 radical (unpaired) electrons. The fourth-order valence-electron chi connectivity index (χ4n) is 0.718. The van der Waals surface area contributed by atoms with Gasteiger partial charge in [0, 0.05) is 17.7 Å². The van der Waals surface area contributed by atoms with Crippen molar-refractivity contribution in [1.29, 1.82) is 0 Å². The predicted molar refractivity (Wildman–Crippen MR) is 34.9 cm³/mol. The van der Waals surface area contributed by atoms with Crippen LogP contribution in [0, 0.1) is 5.92 Å². The summed E-state index contributed by atoms with van der Waals surface area (Å²) >= 11 is 4.16. The van der Waals surface area contributed by atoms with Gasteiger partial charge in [0.25, 0.3) is 0 Å². The Hall–Kier alpha value is -0.180. The van der Waals surface area contributed by atoms with E-state index in [1.165, 1.54) is 0 Å². The van der Waals surface area contributed by atoms with Crippen LogP contribution >= 0.6 is 12.6 Å². The second-order valence-corrected chi connectivity index (χ2v) is 2.76. The molecule has 0 aromatic carbocycles. The third-order valence-corrected chi connectivity index (χ3v) is 2.11. The molecule has 1 aliphatic rings. The zero-order chi connectivity index (χ0) is 6.15. The van der Waals surface area contributed by atoms with Crippen molar-refractivity contribution < 1.29 is 4.79 Å². The topological polar surface area (TPSA) is 29.1 Å². The fraction of sp³-hybridized carbons (Fsp3) is 0.800. The van der Waals surface area contributed by atoms with Gasteiger partial charge >= 0.3 is 0 Å². The Kier molecular flexibility index (Phi) is 1.47. The predicted octanol–water partition coefficient (Wildman–Crippen LogP) is 0.0507. The van der Waals surface area contributed by atoms with Crippen molar-refractivity contribution in [1.82, 2.24) is 5.32 Å². The molecular weight excluding hydrogens is 122 g/mol. The SMILES string of the molecule is CC1C(=O)NCC1S. The maximum atomic E-state index is 10.6. The first kappa shape index (κ1) is 5.95. The normalized spacial score (nSPS) is 37.5. The summed E-state index contributed by atoms with van der Waals surface area (Å²) in [6, 6.07) is 0. The number of hydrogen-bond acceptors (Lipinski definition) is 2. The van der Waals surface area contributed by atoms with Crippen LogP contribution in [0.25, 0.3) is 0 Å². The van der Waals surface area contributed by atoms with Crippen LogP contribution in [0.5, 0.6) is 0 Å². The summed E-state index contributed by atoms with van der Waals surface area (Å²) in [5.41, 5.74) is 0. The third kappa shape index (κ3) is 0.823. The number of nitrogens with one attached hydrogen (secondary N) is 1. The smallest absolute Gasteiger partial charge is 0.224 e. The van der Waals surface area contributed by atoms with Crippen molar-refractivity contribution in [2.75, 3.05) is 6.54 Å². The van der Waals surface area contributed by atoms with E-state index in [2.05, 4.69) is 17.9 Å². The van der Waals surface area contributed by atoms with E-state index in [1.807, 2.05) is 6.92 Å². The first-order chi connectivity index (χ1) is 3.72. The number of carbonyl (C=O) groups excluding carboxylic acids is 1. The minimum absolute atomic E-state index is 0.0957. The molecule has 2 atom stereocenters. The van der Waals surface area contributed by atoms with Crippen LogP contribution in [-0.4, -0.2) is 17.7 Å². The molecule has 0 saturated carbocycles. The number of rotatable bonds is 0. The highest BCUT2D eigenvalue weighted by Crippen LogP contribution is 2.13. The number of amides is 1. The monoisotopic (exact) mass is 131 g/mol. The molecule has 46 valence electrons. The van der Waals surface area contributed by atoms with Crippen LogP contribution in [0.15, 0.2) is 0 Å². The lowest BCUT2D eigenvalue weighted by atomic mass is 10.1. The van der Waals surface area contributed by atoms with E-state index < -0.39 is 0 Å². The zero-order valence-corrected chi connectivity index (χ0v) is 5.61. The first-order valence-electron chi connectivity index (χ1n) is 2.67. The summed E-state index contributed by atoms with van der Waals surface area (Å²) in [6.07, 6.45) is 0. The van der Waals surface area contributed by atoms with Crippen molar-refractivity contribution in [3.8, 4) is 0 Å². The van der Waals surface area contributed by atoms with Gasteiger partial charge in [0.2, 0.25) is 5.91 Å². The molecule has 0 aromatic heterocycles. The molecule has 1 heterocycles. The quantitative estimate of drug-likeness (QED) is 0.447. The summed E-state index contributed by atoms with van der Waals surface area (Å²) in [5.74, 6) is 0.225. The highest BCUT2D eigenvalue weighted by molar-refractivity contribution is 7.81. The van der Waals surface area contributed by atoms with E-state index in [-0.39, 0.29) is 17.1 Å². The second kappa shape index (κ2) is 1.97. The van der Waals surface area contributed by atoms with Gasteiger partial charge in [0.15, 0.2) is 0 Å². The van der Waals surface area contributed by atoms with Crippen molar-refractivity contribution in [3.63, 3.8) is 0 Å². The summed E-state index contributed by atoms with van der Waals surface area (Å²) in [7, 11) is 0. The molecule has 1 aliphatic heterocycles. The standard InChI is InChI=1S/C5H9NOS/c1-3-4(8)2-6-5(3)7/h3-4,8H,2H2,1H3,(H,6,7). The van der Waals surface area contributed by atoms with Gasteiger partial charge in [-0.25, -0.2) is 0 Å². The van der Waals surface area contributed by atoms with E-state index in [9.17, 15) is 4.79 Å². The molecule has 2 nitrogen and oxygen atoms in total. The van der Waals surface area contributed by atoms with Crippen LogP contribution in [0.3, 0.4) is 0 Å². The lowest BCUT2D eigenvalue weighted by molar-refractivity contribution is -0.121. The van der Waals surface area contributed by atoms with Gasteiger partial charge in [-0.15, -0.1) is 0 Å². The minimum Gasteiger partial charge on any atom is -0.355 e. The highest BCUT2D eigenvalue weighted by Gasteiger charge is 2.27. The average molecular weight is 131 g/mol. The molecule has 0 bridgehead atoms. The van der Waals surface area contributed by atoms with Gasteiger partial charge in [-0.3, -0.25) is 4.79 Å².